The molecule has 154 valence electrons. The van der Waals surface area contributed by atoms with Crippen molar-refractivity contribution in [3.05, 3.63) is 18.0 Å². The van der Waals surface area contributed by atoms with Crippen LogP contribution in [0.15, 0.2) is 12.3 Å². The number of nitrogens with zero attached hydrogens (tertiary/aromatic N) is 4. The van der Waals surface area contributed by atoms with Gasteiger partial charge in [-0.05, 0) is 36.7 Å². The quantitative estimate of drug-likeness (QED) is 0.792. The van der Waals surface area contributed by atoms with E-state index in [1.807, 2.05) is 23.0 Å². The Hall–Kier alpha value is -1.89. The molecule has 1 aromatic heterocycles. The van der Waals surface area contributed by atoms with E-state index in [1.54, 1.807) is 10.7 Å². The average molecular weight is 389 g/mol. The van der Waals surface area contributed by atoms with Gasteiger partial charge in [0.2, 0.25) is 5.91 Å². The summed E-state index contributed by atoms with van der Waals surface area (Å²) in [6, 6.07) is 1.80. The van der Waals surface area contributed by atoms with E-state index in [9.17, 15) is 9.59 Å². The molecule has 3 aliphatic rings. The Labute approximate surface area is 167 Å². The maximum Gasteiger partial charge on any atom is 0.274 e. The van der Waals surface area contributed by atoms with Crippen LogP contribution < -0.4 is 0 Å². The predicted molar refractivity (Wildman–Crippen MR) is 105 cm³/mol. The summed E-state index contributed by atoms with van der Waals surface area (Å²) in [5.74, 6) is 0.682. The molecule has 0 bridgehead atoms. The van der Waals surface area contributed by atoms with Crippen molar-refractivity contribution in [2.45, 2.75) is 44.9 Å². The van der Waals surface area contributed by atoms with Crippen molar-refractivity contribution in [1.29, 1.82) is 0 Å². The number of aryl methyl sites for hydroxylation is 1. The minimum absolute atomic E-state index is 0.0348. The highest BCUT2D eigenvalue weighted by molar-refractivity contribution is 5.92. The second-order valence-corrected chi connectivity index (χ2v) is 8.71. The van der Waals surface area contributed by atoms with Crippen molar-refractivity contribution in [1.82, 2.24) is 19.6 Å². The number of likely N-dealkylation sites (tertiary alicyclic amines) is 1. The summed E-state index contributed by atoms with van der Waals surface area (Å²) < 4.78 is 7.04. The van der Waals surface area contributed by atoms with E-state index in [2.05, 4.69) is 5.10 Å². The minimum Gasteiger partial charge on any atom is -0.378 e. The van der Waals surface area contributed by atoms with Crippen LogP contribution in [0.4, 0.5) is 0 Å². The van der Waals surface area contributed by atoms with Crippen molar-refractivity contribution in [3.63, 3.8) is 0 Å². The van der Waals surface area contributed by atoms with Crippen LogP contribution in [0, 0.1) is 11.3 Å². The molecule has 1 aliphatic carbocycles. The maximum absolute atomic E-state index is 13.0. The van der Waals surface area contributed by atoms with Gasteiger partial charge in [0.05, 0.1) is 13.2 Å². The van der Waals surface area contributed by atoms with Gasteiger partial charge in [0, 0.05) is 45.8 Å². The molecule has 0 aromatic carbocycles. The topological polar surface area (TPSA) is 67.7 Å². The lowest BCUT2D eigenvalue weighted by Crippen LogP contribution is -2.41. The standard InChI is InChI=1S/C21H32N4O3/c1-23-10-7-18(22-23)20(27)25-15-17(21(16-25)8-3-2-4-9-21)5-6-19(26)24-11-13-28-14-12-24/h7,10,17H,2-6,8-9,11-16H2,1H3. The summed E-state index contributed by atoms with van der Waals surface area (Å²) in [5.41, 5.74) is 0.715. The Bertz CT molecular complexity index is 704. The van der Waals surface area contributed by atoms with Gasteiger partial charge in [0.15, 0.2) is 0 Å². The molecule has 2 amide bonds. The van der Waals surface area contributed by atoms with Gasteiger partial charge >= 0.3 is 0 Å². The molecule has 0 N–H and O–H groups in total. The van der Waals surface area contributed by atoms with E-state index >= 15 is 0 Å². The monoisotopic (exact) mass is 388 g/mol. The summed E-state index contributed by atoms with van der Waals surface area (Å²) >= 11 is 0. The number of aromatic nitrogens is 2. The third-order valence-corrected chi connectivity index (χ3v) is 6.95. The molecule has 3 fully saturated rings. The highest BCUT2D eigenvalue weighted by Crippen LogP contribution is 2.49. The van der Waals surface area contributed by atoms with Gasteiger partial charge in [-0.2, -0.15) is 5.10 Å². The Morgan fingerprint density at radius 3 is 2.61 bits per heavy atom. The number of hydrogen-bond acceptors (Lipinski definition) is 4. The molecule has 3 heterocycles. The van der Waals surface area contributed by atoms with Crippen LogP contribution in [-0.2, 0) is 16.6 Å². The molecule has 1 unspecified atom stereocenters. The molecular formula is C21H32N4O3. The van der Waals surface area contributed by atoms with E-state index in [-0.39, 0.29) is 17.2 Å². The number of ether oxygens (including phenoxy) is 1. The lowest BCUT2D eigenvalue weighted by Gasteiger charge is -2.38. The highest BCUT2D eigenvalue weighted by atomic mass is 16.5. The first kappa shape index (κ1) is 19.4. The van der Waals surface area contributed by atoms with Crippen LogP contribution in [0.1, 0.15) is 55.4 Å². The van der Waals surface area contributed by atoms with Crippen molar-refractivity contribution in [3.8, 4) is 0 Å². The summed E-state index contributed by atoms with van der Waals surface area (Å²) in [4.78, 5) is 29.6. The average Bonchev–Trinajstić information content (AvgIpc) is 3.31. The number of carbonyl (C=O) groups is 2. The first-order valence-corrected chi connectivity index (χ1v) is 10.7. The Morgan fingerprint density at radius 2 is 1.93 bits per heavy atom. The molecule has 1 atom stereocenters. The Morgan fingerprint density at radius 1 is 1.18 bits per heavy atom. The van der Waals surface area contributed by atoms with Gasteiger partial charge in [0.1, 0.15) is 5.69 Å². The molecule has 0 radical (unpaired) electrons. The van der Waals surface area contributed by atoms with Gasteiger partial charge in [-0.1, -0.05) is 19.3 Å². The van der Waals surface area contributed by atoms with Gasteiger partial charge in [-0.15, -0.1) is 0 Å². The number of amides is 2. The Kier molecular flexibility index (Phi) is 5.71. The molecule has 7 nitrogen and oxygen atoms in total. The number of hydrogen-bond donors (Lipinski definition) is 0. The largest absolute Gasteiger partial charge is 0.378 e. The summed E-state index contributed by atoms with van der Waals surface area (Å²) in [5, 5.41) is 4.30. The molecule has 4 rings (SSSR count). The number of carbonyl (C=O) groups excluding carboxylic acids is 2. The van der Waals surface area contributed by atoms with Crippen molar-refractivity contribution in [2.24, 2.45) is 18.4 Å². The maximum atomic E-state index is 13.0. The normalized spacial score (nSPS) is 24.7. The zero-order valence-corrected chi connectivity index (χ0v) is 16.9. The summed E-state index contributed by atoms with van der Waals surface area (Å²) in [6.45, 7) is 4.28. The van der Waals surface area contributed by atoms with Crippen LogP contribution in [0.2, 0.25) is 0 Å². The van der Waals surface area contributed by atoms with Crippen LogP contribution in [0.5, 0.6) is 0 Å². The van der Waals surface area contributed by atoms with Crippen LogP contribution in [0.25, 0.3) is 0 Å². The van der Waals surface area contributed by atoms with Crippen LogP contribution in [-0.4, -0.2) is 70.8 Å². The summed E-state index contributed by atoms with van der Waals surface area (Å²) in [6.07, 6.45) is 9.39. The van der Waals surface area contributed by atoms with E-state index in [0.29, 0.717) is 44.3 Å². The van der Waals surface area contributed by atoms with E-state index in [0.717, 1.165) is 19.5 Å². The fourth-order valence-electron chi connectivity index (χ4n) is 5.37. The fraction of sp³-hybridized carbons (Fsp3) is 0.762. The third kappa shape index (κ3) is 3.95. The van der Waals surface area contributed by atoms with E-state index in [4.69, 9.17) is 4.74 Å². The molecule has 1 spiro atoms. The zero-order chi connectivity index (χ0) is 19.6. The zero-order valence-electron chi connectivity index (χ0n) is 16.9. The molecule has 7 heteroatoms. The van der Waals surface area contributed by atoms with Crippen molar-refractivity contribution >= 4 is 11.8 Å². The molecule has 28 heavy (non-hydrogen) atoms. The lowest BCUT2D eigenvalue weighted by atomic mass is 9.66. The third-order valence-electron chi connectivity index (χ3n) is 6.95. The summed E-state index contributed by atoms with van der Waals surface area (Å²) in [7, 11) is 1.84. The van der Waals surface area contributed by atoms with E-state index in [1.165, 1.54) is 32.1 Å². The fourth-order valence-corrected chi connectivity index (χ4v) is 5.37. The minimum atomic E-state index is 0.0348. The van der Waals surface area contributed by atoms with Crippen LogP contribution >= 0.6 is 0 Å². The molecule has 1 saturated carbocycles. The number of morpholine rings is 1. The number of rotatable bonds is 4. The van der Waals surface area contributed by atoms with Crippen molar-refractivity contribution < 1.29 is 14.3 Å². The first-order chi connectivity index (χ1) is 13.6. The lowest BCUT2D eigenvalue weighted by molar-refractivity contribution is -0.135. The SMILES string of the molecule is Cn1ccc(C(=O)N2CC(CCC(=O)N3CCOCC3)C3(CCCCC3)C2)n1. The van der Waals surface area contributed by atoms with Gasteiger partial charge < -0.3 is 14.5 Å². The smallest absolute Gasteiger partial charge is 0.274 e. The Balaban J connectivity index is 1.43. The second kappa shape index (κ2) is 8.23. The molecule has 2 aliphatic heterocycles. The van der Waals surface area contributed by atoms with E-state index < -0.39 is 0 Å². The van der Waals surface area contributed by atoms with Gasteiger partial charge in [-0.25, -0.2) is 0 Å². The van der Waals surface area contributed by atoms with Crippen molar-refractivity contribution in [2.75, 3.05) is 39.4 Å². The van der Waals surface area contributed by atoms with Crippen LogP contribution in [0.3, 0.4) is 0 Å². The second-order valence-electron chi connectivity index (χ2n) is 8.71. The molecule has 1 aromatic rings. The highest BCUT2D eigenvalue weighted by Gasteiger charge is 2.48. The molecule has 2 saturated heterocycles. The molecular weight excluding hydrogens is 356 g/mol. The van der Waals surface area contributed by atoms with Gasteiger partial charge in [-0.3, -0.25) is 14.3 Å². The predicted octanol–water partition coefficient (Wildman–Crippen LogP) is 2.08. The first-order valence-electron chi connectivity index (χ1n) is 10.7. The van der Waals surface area contributed by atoms with Gasteiger partial charge in [0.25, 0.3) is 5.91 Å².